The van der Waals surface area contributed by atoms with E-state index in [0.717, 1.165) is 11.3 Å². The summed E-state index contributed by atoms with van der Waals surface area (Å²) in [6, 6.07) is 12.2. The molecule has 0 spiro atoms. The predicted molar refractivity (Wildman–Crippen MR) is 102 cm³/mol. The predicted octanol–water partition coefficient (Wildman–Crippen LogP) is 3.32. The minimum atomic E-state index is -3.65. The molecular formula is C18H23ClN2O3S. The van der Waals surface area contributed by atoms with E-state index < -0.39 is 10.0 Å². The third kappa shape index (κ3) is 5.11. The second-order valence-corrected chi connectivity index (χ2v) is 8.20. The highest BCUT2D eigenvalue weighted by Crippen LogP contribution is 2.27. The zero-order chi connectivity index (χ0) is 18.6. The fourth-order valence-electron chi connectivity index (χ4n) is 2.47. The molecule has 0 fully saturated rings. The maximum Gasteiger partial charge on any atom is 0.240 e. The molecule has 0 bridgehead atoms. The topological polar surface area (TPSA) is 58.6 Å². The van der Waals surface area contributed by atoms with E-state index in [1.807, 2.05) is 50.2 Å². The quantitative estimate of drug-likeness (QED) is 0.798. The summed E-state index contributed by atoms with van der Waals surface area (Å²) < 4.78 is 32.8. The van der Waals surface area contributed by atoms with Crippen LogP contribution in [0.4, 0.5) is 5.69 Å². The van der Waals surface area contributed by atoms with Crippen LogP contribution < -0.4 is 14.4 Å². The number of anilines is 1. The molecule has 0 aliphatic rings. The molecule has 0 saturated heterocycles. The monoisotopic (exact) mass is 382 g/mol. The number of nitrogens with zero attached hydrogens (tertiary/aromatic N) is 1. The zero-order valence-electron chi connectivity index (χ0n) is 14.8. The van der Waals surface area contributed by atoms with Gasteiger partial charge in [0.25, 0.3) is 0 Å². The number of nitrogens with one attached hydrogen (secondary N) is 1. The third-order valence-electron chi connectivity index (χ3n) is 3.78. The number of sulfonamides is 1. The first-order valence-corrected chi connectivity index (χ1v) is 9.71. The van der Waals surface area contributed by atoms with E-state index in [1.54, 1.807) is 6.07 Å². The van der Waals surface area contributed by atoms with E-state index in [9.17, 15) is 8.42 Å². The van der Waals surface area contributed by atoms with E-state index >= 15 is 0 Å². The molecular weight excluding hydrogens is 360 g/mol. The summed E-state index contributed by atoms with van der Waals surface area (Å²) in [5.74, 6) is 0.439. The number of hydrogen-bond acceptors (Lipinski definition) is 4. The van der Waals surface area contributed by atoms with Crippen LogP contribution in [0.2, 0.25) is 5.02 Å². The Morgan fingerprint density at radius 2 is 1.80 bits per heavy atom. The highest BCUT2D eigenvalue weighted by Gasteiger charge is 2.19. The van der Waals surface area contributed by atoms with Gasteiger partial charge in [-0.05, 0) is 49.2 Å². The molecule has 5 nitrogen and oxygen atoms in total. The van der Waals surface area contributed by atoms with Crippen LogP contribution in [-0.4, -0.2) is 35.7 Å². The Kier molecular flexibility index (Phi) is 6.32. The lowest BCUT2D eigenvalue weighted by atomic mass is 10.1. The van der Waals surface area contributed by atoms with Gasteiger partial charge in [-0.25, -0.2) is 13.1 Å². The summed E-state index contributed by atoms with van der Waals surface area (Å²) in [6.07, 6.45) is 0.594. The van der Waals surface area contributed by atoms with E-state index in [0.29, 0.717) is 12.2 Å². The summed E-state index contributed by atoms with van der Waals surface area (Å²) in [6.45, 7) is 1.84. The smallest absolute Gasteiger partial charge is 0.240 e. The lowest BCUT2D eigenvalue weighted by Gasteiger charge is -2.16. The molecule has 1 N–H and O–H groups in total. The van der Waals surface area contributed by atoms with Gasteiger partial charge in [-0.2, -0.15) is 0 Å². The van der Waals surface area contributed by atoms with Gasteiger partial charge >= 0.3 is 0 Å². The highest BCUT2D eigenvalue weighted by atomic mass is 35.5. The van der Waals surface area contributed by atoms with Crippen LogP contribution in [0.5, 0.6) is 5.75 Å². The first-order valence-electron chi connectivity index (χ1n) is 7.85. The van der Waals surface area contributed by atoms with Crippen LogP contribution in [0.1, 0.15) is 12.5 Å². The Bertz CT molecular complexity index is 821. The Labute approximate surface area is 154 Å². The van der Waals surface area contributed by atoms with E-state index in [2.05, 4.69) is 4.72 Å². The molecule has 7 heteroatoms. The fourth-order valence-corrected chi connectivity index (χ4v) is 4.06. The summed E-state index contributed by atoms with van der Waals surface area (Å²) >= 11 is 6.02. The minimum absolute atomic E-state index is 0.119. The maximum atomic E-state index is 12.5. The standard InChI is InChI=1S/C18H23ClN2O3S/c1-13(11-14-5-7-15(8-6-14)21(2)3)20-25(22,23)16-9-10-18(24-4)17(19)12-16/h5-10,12-13,20H,11H2,1-4H3. The van der Waals surface area contributed by atoms with Crippen LogP contribution in [0.3, 0.4) is 0 Å². The molecule has 2 aromatic carbocycles. The summed E-state index contributed by atoms with van der Waals surface area (Å²) in [5, 5.41) is 0.261. The lowest BCUT2D eigenvalue weighted by molar-refractivity contribution is 0.414. The molecule has 1 unspecified atom stereocenters. The van der Waals surface area contributed by atoms with Crippen molar-refractivity contribution in [3.63, 3.8) is 0 Å². The van der Waals surface area contributed by atoms with Gasteiger partial charge in [-0.3, -0.25) is 0 Å². The fraction of sp³-hybridized carbons (Fsp3) is 0.333. The number of rotatable bonds is 7. The normalized spacial score (nSPS) is 12.7. The summed E-state index contributed by atoms with van der Waals surface area (Å²) in [4.78, 5) is 2.14. The second kappa shape index (κ2) is 8.08. The van der Waals surface area contributed by atoms with Gasteiger partial charge in [-0.1, -0.05) is 23.7 Å². The van der Waals surface area contributed by atoms with Crippen molar-refractivity contribution in [2.45, 2.75) is 24.3 Å². The molecule has 0 aliphatic carbocycles. The SMILES string of the molecule is COc1ccc(S(=O)(=O)NC(C)Cc2ccc(N(C)C)cc2)cc1Cl. The Hall–Kier alpha value is -1.76. The largest absolute Gasteiger partial charge is 0.495 e. The number of hydrogen-bond donors (Lipinski definition) is 1. The number of halogens is 1. The van der Waals surface area contributed by atoms with Gasteiger partial charge in [0.15, 0.2) is 0 Å². The number of benzene rings is 2. The van der Waals surface area contributed by atoms with Gasteiger partial charge in [-0.15, -0.1) is 0 Å². The van der Waals surface area contributed by atoms with Crippen molar-refractivity contribution in [2.24, 2.45) is 0 Å². The Morgan fingerprint density at radius 1 is 1.16 bits per heavy atom. The Morgan fingerprint density at radius 3 is 2.32 bits per heavy atom. The van der Waals surface area contributed by atoms with Crippen molar-refractivity contribution in [3.8, 4) is 5.75 Å². The summed E-state index contributed by atoms with van der Waals surface area (Å²) in [5.41, 5.74) is 2.17. The minimum Gasteiger partial charge on any atom is -0.495 e. The molecule has 136 valence electrons. The average Bonchev–Trinajstić information content (AvgIpc) is 2.54. The van der Waals surface area contributed by atoms with Crippen LogP contribution in [0.15, 0.2) is 47.4 Å². The van der Waals surface area contributed by atoms with Crippen molar-refractivity contribution in [1.29, 1.82) is 0 Å². The maximum absolute atomic E-state index is 12.5. The molecule has 2 rings (SSSR count). The van der Waals surface area contributed by atoms with Crippen LogP contribution in [0.25, 0.3) is 0 Å². The summed E-state index contributed by atoms with van der Waals surface area (Å²) in [7, 11) is 1.79. The van der Waals surface area contributed by atoms with Gasteiger partial charge in [0.1, 0.15) is 5.75 Å². The lowest BCUT2D eigenvalue weighted by Crippen LogP contribution is -2.34. The van der Waals surface area contributed by atoms with Crippen molar-refractivity contribution >= 4 is 27.3 Å². The van der Waals surface area contributed by atoms with E-state index in [4.69, 9.17) is 16.3 Å². The molecule has 2 aromatic rings. The van der Waals surface area contributed by atoms with Crippen molar-refractivity contribution in [2.75, 3.05) is 26.1 Å². The molecule has 1 atom stereocenters. The third-order valence-corrected chi connectivity index (χ3v) is 5.67. The zero-order valence-corrected chi connectivity index (χ0v) is 16.4. The van der Waals surface area contributed by atoms with Crippen molar-refractivity contribution in [3.05, 3.63) is 53.1 Å². The van der Waals surface area contributed by atoms with Crippen LogP contribution >= 0.6 is 11.6 Å². The molecule has 0 amide bonds. The molecule has 0 aliphatic heterocycles. The second-order valence-electron chi connectivity index (χ2n) is 6.08. The first-order chi connectivity index (χ1) is 11.7. The molecule has 25 heavy (non-hydrogen) atoms. The number of methoxy groups -OCH3 is 1. The molecule has 0 saturated carbocycles. The molecule has 0 radical (unpaired) electrons. The van der Waals surface area contributed by atoms with E-state index in [1.165, 1.54) is 19.2 Å². The molecule has 0 heterocycles. The molecule has 0 aromatic heterocycles. The Balaban J connectivity index is 2.08. The van der Waals surface area contributed by atoms with Gasteiger partial charge in [0, 0.05) is 25.8 Å². The first kappa shape index (κ1) is 19.6. The van der Waals surface area contributed by atoms with Gasteiger partial charge < -0.3 is 9.64 Å². The van der Waals surface area contributed by atoms with E-state index in [-0.39, 0.29) is 16.0 Å². The average molecular weight is 383 g/mol. The van der Waals surface area contributed by atoms with Crippen LogP contribution in [-0.2, 0) is 16.4 Å². The van der Waals surface area contributed by atoms with Gasteiger partial charge in [0.05, 0.1) is 17.0 Å². The number of ether oxygens (including phenoxy) is 1. The highest BCUT2D eigenvalue weighted by molar-refractivity contribution is 7.89. The van der Waals surface area contributed by atoms with Crippen LogP contribution in [0, 0.1) is 0 Å². The van der Waals surface area contributed by atoms with Gasteiger partial charge in [0.2, 0.25) is 10.0 Å². The van der Waals surface area contributed by atoms with Crippen molar-refractivity contribution < 1.29 is 13.2 Å². The van der Waals surface area contributed by atoms with Crippen molar-refractivity contribution in [1.82, 2.24) is 4.72 Å².